The van der Waals surface area contributed by atoms with Crippen molar-refractivity contribution in [2.45, 2.75) is 148 Å². The number of benzene rings is 1. The van der Waals surface area contributed by atoms with E-state index >= 15 is 0 Å². The maximum Gasteiger partial charge on any atom is 0.326 e. The van der Waals surface area contributed by atoms with E-state index in [1.807, 2.05) is 0 Å². The summed E-state index contributed by atoms with van der Waals surface area (Å²) in [6.45, 7) is 9.82. The van der Waals surface area contributed by atoms with E-state index in [2.05, 4.69) is 42.5 Å². The lowest BCUT2D eigenvalue weighted by atomic mass is 9.97. The average Bonchev–Trinajstić information content (AvgIpc) is 3.29. The van der Waals surface area contributed by atoms with Crippen LogP contribution in [0.15, 0.2) is 30.3 Å². The zero-order chi connectivity index (χ0) is 54.3. The second-order valence-corrected chi connectivity index (χ2v) is 17.4. The van der Waals surface area contributed by atoms with Gasteiger partial charge in [-0.2, -0.15) is 0 Å². The highest BCUT2D eigenvalue weighted by molar-refractivity contribution is 5.99. The van der Waals surface area contributed by atoms with Crippen LogP contribution in [0, 0.1) is 17.8 Å². The third-order valence-electron chi connectivity index (χ3n) is 11.3. The van der Waals surface area contributed by atoms with E-state index < -0.39 is 176 Å². The molecule has 0 saturated carbocycles. The number of carbonyl (C=O) groups excluding carboxylic acids is 8. The van der Waals surface area contributed by atoms with Gasteiger partial charge in [0.05, 0.1) is 25.5 Å². The molecule has 0 unspecified atom stereocenters. The summed E-state index contributed by atoms with van der Waals surface area (Å²) in [5, 5.41) is 66.3. The average molecular weight is 1010 g/mol. The first-order valence-corrected chi connectivity index (χ1v) is 22.9. The van der Waals surface area contributed by atoms with Crippen LogP contribution in [0.2, 0.25) is 0 Å². The van der Waals surface area contributed by atoms with E-state index in [0.29, 0.717) is 12.0 Å². The van der Waals surface area contributed by atoms with E-state index in [9.17, 15) is 83.1 Å². The predicted octanol–water partition coefficient (Wildman–Crippen LogP) is -2.91. The van der Waals surface area contributed by atoms with Gasteiger partial charge in [-0.25, -0.2) is 4.79 Å². The first kappa shape index (κ1) is 61.8. The van der Waals surface area contributed by atoms with Crippen LogP contribution in [0.4, 0.5) is 0 Å². The fraction of sp³-hybridized carbons (Fsp3) is 0.600. The van der Waals surface area contributed by atoms with Gasteiger partial charge in [0.25, 0.3) is 0 Å². The number of carboxylic acids is 4. The number of carboxylic acid groups (broad SMARTS) is 4. The highest BCUT2D eigenvalue weighted by Gasteiger charge is 2.37. The molecule has 1 rings (SSSR count). The number of hydrogen-bond donors (Lipinski definition) is 14. The molecule has 0 aliphatic heterocycles. The van der Waals surface area contributed by atoms with Crippen molar-refractivity contribution in [3.63, 3.8) is 0 Å². The van der Waals surface area contributed by atoms with Crippen molar-refractivity contribution in [1.82, 2.24) is 42.5 Å². The van der Waals surface area contributed by atoms with Gasteiger partial charge in [0.15, 0.2) is 0 Å². The summed E-state index contributed by atoms with van der Waals surface area (Å²) < 4.78 is 0. The smallest absolute Gasteiger partial charge is 0.326 e. The van der Waals surface area contributed by atoms with Crippen LogP contribution < -0.4 is 48.3 Å². The molecular weight excluding hydrogens is 939 g/mol. The molecule has 0 heterocycles. The molecule has 71 heavy (non-hydrogen) atoms. The van der Waals surface area contributed by atoms with Crippen molar-refractivity contribution < 1.29 is 83.1 Å². The van der Waals surface area contributed by atoms with Gasteiger partial charge in [-0.15, -0.1) is 0 Å². The van der Waals surface area contributed by atoms with Gasteiger partial charge < -0.3 is 73.8 Å². The van der Waals surface area contributed by atoms with Crippen molar-refractivity contribution in [3.8, 4) is 0 Å². The quantitative estimate of drug-likeness (QED) is 0.0344. The molecule has 0 aliphatic carbocycles. The number of aliphatic hydroxyl groups excluding tert-OH is 1. The topological polar surface area (TPSA) is 428 Å². The second kappa shape index (κ2) is 30.4. The third-order valence-corrected chi connectivity index (χ3v) is 11.3. The molecule has 1 aromatic rings. The number of nitrogens with two attached hydrogens (primary N) is 1. The number of carbonyl (C=O) groups is 12. The van der Waals surface area contributed by atoms with Gasteiger partial charge in [-0.3, -0.25) is 52.7 Å². The molecule has 15 N–H and O–H groups in total. The number of nitrogens with one attached hydrogen (secondary N) is 8. The van der Waals surface area contributed by atoms with Crippen LogP contribution in [0.5, 0.6) is 0 Å². The van der Waals surface area contributed by atoms with Crippen molar-refractivity contribution in [3.05, 3.63) is 35.9 Å². The highest BCUT2D eigenvalue weighted by Crippen LogP contribution is 2.13. The standard InChI is InChI=1S/C45H69N9O17/c1-8-22(5)36(43(68)50-27(17-25-13-11-10-12-14-25)40(65)48-26(15-16-31(57)58)39(64)53-35(21(3)4)45(70)71)52-30(56)20-47-38(63)28(18-32(59)60)49-41(66)29(19-33(61)62)51-44(69)37(23(6)9-2)54-42(67)34(46)24(7)55/h10-14,21-24,26-29,34-37,55H,8-9,15-20,46H2,1-7H3,(H,47,63)(H,48,65)(H,49,66)(H,50,68)(H,51,69)(H,52,56)(H,53,64)(H,54,67)(H,57,58)(H,59,60)(H,61,62)(H,70,71)/t22-,23-,24+,26-,27-,28-,29-,34-,35-,36-,37-/m0/s1. The molecular formula is C45H69N9O17. The van der Waals surface area contributed by atoms with E-state index in [-0.39, 0.29) is 12.8 Å². The van der Waals surface area contributed by atoms with Gasteiger partial charge >= 0.3 is 23.9 Å². The van der Waals surface area contributed by atoms with Crippen molar-refractivity contribution >= 4 is 71.1 Å². The second-order valence-electron chi connectivity index (χ2n) is 17.4. The summed E-state index contributed by atoms with van der Waals surface area (Å²) in [6, 6.07) is -4.36. The molecule has 1 aromatic carbocycles. The number of rotatable bonds is 32. The molecule has 8 amide bonds. The number of hydrogen-bond acceptors (Lipinski definition) is 14. The van der Waals surface area contributed by atoms with Crippen LogP contribution in [0.3, 0.4) is 0 Å². The summed E-state index contributed by atoms with van der Waals surface area (Å²) in [4.78, 5) is 154. The summed E-state index contributed by atoms with van der Waals surface area (Å²) >= 11 is 0. The lowest BCUT2D eigenvalue weighted by Crippen LogP contribution is -2.60. The zero-order valence-electron chi connectivity index (χ0n) is 40.7. The molecule has 11 atom stereocenters. The van der Waals surface area contributed by atoms with E-state index in [4.69, 9.17) is 5.73 Å². The largest absolute Gasteiger partial charge is 0.481 e. The Balaban J connectivity index is 3.36. The Morgan fingerprint density at radius 1 is 0.521 bits per heavy atom. The maximum absolute atomic E-state index is 14.0. The molecule has 0 spiro atoms. The summed E-state index contributed by atoms with van der Waals surface area (Å²) in [6.07, 6.45) is -4.19. The molecule has 0 saturated heterocycles. The van der Waals surface area contributed by atoms with Gasteiger partial charge in [0.2, 0.25) is 47.3 Å². The van der Waals surface area contributed by atoms with Gasteiger partial charge in [0.1, 0.15) is 48.3 Å². The minimum Gasteiger partial charge on any atom is -0.481 e. The zero-order valence-corrected chi connectivity index (χ0v) is 40.7. The fourth-order valence-electron chi connectivity index (χ4n) is 6.59. The summed E-state index contributed by atoms with van der Waals surface area (Å²) in [7, 11) is 0. The van der Waals surface area contributed by atoms with Crippen LogP contribution >= 0.6 is 0 Å². The number of amides is 8. The first-order chi connectivity index (χ1) is 33.1. The Kier molecular flexibility index (Phi) is 26.5. The lowest BCUT2D eigenvalue weighted by Gasteiger charge is -2.28. The SMILES string of the molecule is CC[C@H](C)[C@H](NC(=O)CNC(=O)[C@H](CC(=O)O)NC(=O)[C@H](CC(=O)O)NC(=O)[C@@H](NC(=O)[C@@H](N)[C@@H](C)O)[C@@H](C)CC)C(=O)N[C@@H](Cc1ccccc1)C(=O)N[C@@H](CCC(=O)O)C(=O)N[C@H](C(=O)O)C(C)C. The summed E-state index contributed by atoms with van der Waals surface area (Å²) in [5.41, 5.74) is 6.21. The molecule has 0 radical (unpaired) electrons. The molecule has 26 nitrogen and oxygen atoms in total. The van der Waals surface area contributed by atoms with E-state index in [1.165, 1.54) is 20.8 Å². The lowest BCUT2D eigenvalue weighted by molar-refractivity contribution is -0.144. The van der Waals surface area contributed by atoms with Crippen LogP contribution in [0.25, 0.3) is 0 Å². The Bertz CT molecular complexity index is 2050. The normalized spacial score (nSPS) is 15.7. The minimum atomic E-state index is -1.97. The molecule has 0 aromatic heterocycles. The molecule has 396 valence electrons. The van der Waals surface area contributed by atoms with Gasteiger partial charge in [-0.05, 0) is 36.7 Å². The van der Waals surface area contributed by atoms with Crippen LogP contribution in [-0.2, 0) is 64.0 Å². The van der Waals surface area contributed by atoms with Gasteiger partial charge in [-0.1, -0.05) is 84.7 Å². The Labute approximate surface area is 409 Å². The van der Waals surface area contributed by atoms with Crippen molar-refractivity contribution in [2.24, 2.45) is 23.5 Å². The predicted molar refractivity (Wildman–Crippen MR) is 249 cm³/mol. The Hall–Kier alpha value is -7.22. The first-order valence-electron chi connectivity index (χ1n) is 22.9. The maximum atomic E-state index is 14.0. The highest BCUT2D eigenvalue weighted by atomic mass is 16.4. The molecule has 0 bridgehead atoms. The third kappa shape index (κ3) is 22.0. The summed E-state index contributed by atoms with van der Waals surface area (Å²) in [5.74, 6) is -16.3. The van der Waals surface area contributed by atoms with E-state index in [1.54, 1.807) is 58.0 Å². The van der Waals surface area contributed by atoms with Crippen molar-refractivity contribution in [2.75, 3.05) is 6.54 Å². The molecule has 0 fully saturated rings. The van der Waals surface area contributed by atoms with Crippen LogP contribution in [-0.4, -0.2) is 158 Å². The fourth-order valence-corrected chi connectivity index (χ4v) is 6.59. The molecule has 26 heteroatoms. The monoisotopic (exact) mass is 1010 g/mol. The minimum absolute atomic E-state index is 0.186. The van der Waals surface area contributed by atoms with Crippen LogP contribution in [0.1, 0.15) is 92.6 Å². The Morgan fingerprint density at radius 2 is 0.958 bits per heavy atom. The van der Waals surface area contributed by atoms with Gasteiger partial charge in [0, 0.05) is 12.8 Å². The number of aliphatic carboxylic acids is 4. The van der Waals surface area contributed by atoms with Crippen molar-refractivity contribution in [1.29, 1.82) is 0 Å². The number of aliphatic hydroxyl groups is 1. The Morgan fingerprint density at radius 3 is 1.42 bits per heavy atom. The molecule has 0 aliphatic rings. The van der Waals surface area contributed by atoms with E-state index in [0.717, 1.165) is 0 Å².